The standard InChI is InChI=1S/C18H16ClN5O4S/c1-20-16-13-17(23-12(22-16)5-3-8-2-4-11(19)29-8)24(7-21-13)10-6-9(18(27)28)14(25)15(10)26/h2,4,7,9-10,14-15,25-26H,6H2,1H3,(H,27,28)(H,20,22,23)/t9-,10+,14+,15-/m0/s1. The van der Waals surface area contributed by atoms with E-state index in [1.54, 1.807) is 23.7 Å². The lowest BCUT2D eigenvalue weighted by atomic mass is 10.1. The predicted octanol–water partition coefficient (Wildman–Crippen LogP) is 1.35. The van der Waals surface area contributed by atoms with Gasteiger partial charge < -0.3 is 25.2 Å². The molecule has 0 aliphatic heterocycles. The number of nitrogens with one attached hydrogen (secondary N) is 1. The first kappa shape index (κ1) is 19.6. The Morgan fingerprint density at radius 3 is 2.72 bits per heavy atom. The number of aliphatic hydroxyl groups is 2. The number of anilines is 1. The molecule has 3 aromatic rings. The van der Waals surface area contributed by atoms with Crippen molar-refractivity contribution in [3.63, 3.8) is 0 Å². The van der Waals surface area contributed by atoms with Crippen molar-refractivity contribution in [2.45, 2.75) is 24.7 Å². The summed E-state index contributed by atoms with van der Waals surface area (Å²) < 4.78 is 2.20. The molecule has 150 valence electrons. The van der Waals surface area contributed by atoms with E-state index in [1.165, 1.54) is 17.7 Å². The number of aliphatic hydroxyl groups excluding tert-OH is 2. The number of nitrogens with zero attached hydrogens (tertiary/aromatic N) is 4. The number of aromatic nitrogens is 4. The van der Waals surface area contributed by atoms with Gasteiger partial charge in [-0.1, -0.05) is 11.6 Å². The van der Waals surface area contributed by atoms with Crippen molar-refractivity contribution in [3.05, 3.63) is 33.5 Å². The molecule has 3 aromatic heterocycles. The van der Waals surface area contributed by atoms with E-state index in [2.05, 4.69) is 32.1 Å². The topological polar surface area (TPSA) is 133 Å². The number of hydrogen-bond acceptors (Lipinski definition) is 8. The summed E-state index contributed by atoms with van der Waals surface area (Å²) in [6.07, 6.45) is -1.12. The highest BCUT2D eigenvalue weighted by atomic mass is 35.5. The molecule has 0 radical (unpaired) electrons. The fourth-order valence-electron chi connectivity index (χ4n) is 3.42. The molecule has 0 bridgehead atoms. The Hall–Kier alpha value is -2.71. The van der Waals surface area contributed by atoms with Crippen LogP contribution in [0.2, 0.25) is 4.34 Å². The molecule has 9 nitrogen and oxygen atoms in total. The largest absolute Gasteiger partial charge is 0.481 e. The maximum absolute atomic E-state index is 11.4. The number of aliphatic carboxylic acids is 1. The molecule has 0 unspecified atom stereocenters. The second-order valence-electron chi connectivity index (χ2n) is 6.55. The molecule has 0 amide bonds. The van der Waals surface area contributed by atoms with Crippen LogP contribution >= 0.6 is 22.9 Å². The van der Waals surface area contributed by atoms with E-state index in [1.807, 2.05) is 0 Å². The quantitative estimate of drug-likeness (QED) is 0.455. The van der Waals surface area contributed by atoms with E-state index in [9.17, 15) is 20.1 Å². The van der Waals surface area contributed by atoms with Crippen LogP contribution in [0.1, 0.15) is 23.2 Å². The number of thiophene rings is 1. The predicted molar refractivity (Wildman–Crippen MR) is 107 cm³/mol. The number of imidazole rings is 1. The number of fused-ring (bicyclic) bond motifs is 1. The third-order valence-corrected chi connectivity index (χ3v) is 6.00. The number of rotatable bonds is 3. The summed E-state index contributed by atoms with van der Waals surface area (Å²) in [6, 6.07) is 2.86. The Labute approximate surface area is 174 Å². The van der Waals surface area contributed by atoms with Gasteiger partial charge in [0.05, 0.1) is 33.6 Å². The van der Waals surface area contributed by atoms with Crippen LogP contribution < -0.4 is 5.32 Å². The molecule has 1 aliphatic rings. The minimum Gasteiger partial charge on any atom is -0.481 e. The summed E-state index contributed by atoms with van der Waals surface area (Å²) in [5.41, 5.74) is 0.845. The highest BCUT2D eigenvalue weighted by Gasteiger charge is 2.46. The van der Waals surface area contributed by atoms with Gasteiger partial charge in [-0.3, -0.25) is 4.79 Å². The highest BCUT2D eigenvalue weighted by molar-refractivity contribution is 7.16. The van der Waals surface area contributed by atoms with Gasteiger partial charge in [0.2, 0.25) is 5.82 Å². The van der Waals surface area contributed by atoms with E-state index in [-0.39, 0.29) is 12.2 Å². The minimum absolute atomic E-state index is 0.0523. The van der Waals surface area contributed by atoms with Crippen molar-refractivity contribution in [2.75, 3.05) is 12.4 Å². The van der Waals surface area contributed by atoms with Crippen LogP contribution in [-0.4, -0.2) is 60.1 Å². The average molecular weight is 434 g/mol. The van der Waals surface area contributed by atoms with Crippen molar-refractivity contribution in [3.8, 4) is 11.8 Å². The zero-order valence-electron chi connectivity index (χ0n) is 15.1. The van der Waals surface area contributed by atoms with Crippen molar-refractivity contribution in [1.29, 1.82) is 0 Å². The summed E-state index contributed by atoms with van der Waals surface area (Å²) >= 11 is 7.25. The summed E-state index contributed by atoms with van der Waals surface area (Å²) in [5, 5.41) is 32.7. The van der Waals surface area contributed by atoms with Gasteiger partial charge in [-0.15, -0.1) is 11.3 Å². The lowest BCUT2D eigenvalue weighted by molar-refractivity contribution is -0.145. The van der Waals surface area contributed by atoms with Gasteiger partial charge in [0.1, 0.15) is 6.10 Å². The maximum atomic E-state index is 11.4. The molecule has 0 spiro atoms. The number of carboxylic acids is 1. The van der Waals surface area contributed by atoms with E-state index >= 15 is 0 Å². The van der Waals surface area contributed by atoms with Gasteiger partial charge in [-0.2, -0.15) is 0 Å². The lowest BCUT2D eigenvalue weighted by Crippen LogP contribution is -2.32. The van der Waals surface area contributed by atoms with Crippen LogP contribution in [0.3, 0.4) is 0 Å². The number of carboxylic acid groups (broad SMARTS) is 1. The normalized spacial score (nSPS) is 23.7. The van der Waals surface area contributed by atoms with Gasteiger partial charge >= 0.3 is 5.97 Å². The fourth-order valence-corrected chi connectivity index (χ4v) is 4.31. The number of carbonyl (C=O) groups is 1. The Morgan fingerprint density at radius 2 is 2.10 bits per heavy atom. The number of hydrogen-bond donors (Lipinski definition) is 4. The Bertz CT molecular complexity index is 1150. The summed E-state index contributed by atoms with van der Waals surface area (Å²) in [7, 11) is 1.69. The zero-order valence-corrected chi connectivity index (χ0v) is 16.6. The molecule has 29 heavy (non-hydrogen) atoms. The van der Waals surface area contributed by atoms with Gasteiger partial charge in [0, 0.05) is 7.05 Å². The molecule has 4 atom stereocenters. The van der Waals surface area contributed by atoms with Crippen LogP contribution in [-0.2, 0) is 4.79 Å². The fraction of sp³-hybridized carbons (Fsp3) is 0.333. The Morgan fingerprint density at radius 1 is 1.31 bits per heavy atom. The van der Waals surface area contributed by atoms with E-state index in [4.69, 9.17) is 11.6 Å². The van der Waals surface area contributed by atoms with Crippen LogP contribution in [0.5, 0.6) is 0 Å². The maximum Gasteiger partial charge on any atom is 0.309 e. The monoisotopic (exact) mass is 433 g/mol. The molecule has 1 aliphatic carbocycles. The van der Waals surface area contributed by atoms with Crippen LogP contribution in [0.25, 0.3) is 11.2 Å². The molecular formula is C18H16ClN5O4S. The third-order valence-electron chi connectivity index (χ3n) is 4.86. The average Bonchev–Trinajstić information content (AvgIpc) is 3.38. The zero-order chi connectivity index (χ0) is 20.7. The van der Waals surface area contributed by atoms with Crippen molar-refractivity contribution in [1.82, 2.24) is 19.5 Å². The molecule has 1 saturated carbocycles. The van der Waals surface area contributed by atoms with Gasteiger partial charge in [-0.25, -0.2) is 15.0 Å². The first-order valence-corrected chi connectivity index (χ1v) is 9.87. The first-order chi connectivity index (χ1) is 13.9. The molecule has 4 rings (SSSR count). The van der Waals surface area contributed by atoms with E-state index in [0.29, 0.717) is 21.3 Å². The second-order valence-corrected chi connectivity index (χ2v) is 8.27. The van der Waals surface area contributed by atoms with Crippen molar-refractivity contribution in [2.24, 2.45) is 5.92 Å². The van der Waals surface area contributed by atoms with Gasteiger partial charge in [-0.05, 0) is 30.4 Å². The summed E-state index contributed by atoms with van der Waals surface area (Å²) in [6.45, 7) is 0. The smallest absolute Gasteiger partial charge is 0.309 e. The third kappa shape index (κ3) is 3.54. The van der Waals surface area contributed by atoms with Crippen molar-refractivity contribution >= 4 is 45.9 Å². The van der Waals surface area contributed by atoms with E-state index in [0.717, 1.165) is 4.88 Å². The summed E-state index contributed by atoms with van der Waals surface area (Å²) in [4.78, 5) is 25.2. The molecule has 3 heterocycles. The number of halogens is 1. The highest BCUT2D eigenvalue weighted by Crippen LogP contribution is 2.37. The molecule has 1 fully saturated rings. The Balaban J connectivity index is 1.77. The SMILES string of the molecule is CNc1nc(C#Cc2ccc(Cl)s2)nc2c1ncn2[C@@H]1C[C@H](C(=O)O)[C@@H](O)[C@H]1O. The molecule has 4 N–H and O–H groups in total. The van der Waals surface area contributed by atoms with E-state index < -0.39 is 30.1 Å². The van der Waals surface area contributed by atoms with Gasteiger partial charge in [0.25, 0.3) is 0 Å². The minimum atomic E-state index is -1.37. The lowest BCUT2D eigenvalue weighted by Gasteiger charge is -2.18. The summed E-state index contributed by atoms with van der Waals surface area (Å²) in [5.74, 6) is 4.30. The molecular weight excluding hydrogens is 418 g/mol. The van der Waals surface area contributed by atoms with Crippen molar-refractivity contribution < 1.29 is 20.1 Å². The van der Waals surface area contributed by atoms with Gasteiger partial charge in [0.15, 0.2) is 17.0 Å². The van der Waals surface area contributed by atoms with Crippen LogP contribution in [0.4, 0.5) is 5.82 Å². The van der Waals surface area contributed by atoms with Crippen LogP contribution in [0, 0.1) is 17.8 Å². The Kier molecular flexibility index (Phi) is 5.14. The molecule has 0 aromatic carbocycles. The second kappa shape index (κ2) is 7.61. The molecule has 0 saturated heterocycles. The molecule has 11 heteroatoms. The first-order valence-electron chi connectivity index (χ1n) is 8.67. The van der Waals surface area contributed by atoms with Crippen LogP contribution in [0.15, 0.2) is 18.5 Å².